The zero-order valence-corrected chi connectivity index (χ0v) is 26.6. The quantitative estimate of drug-likeness (QED) is 0.468. The number of hydrogen-bond donors (Lipinski definition) is 0. The predicted molar refractivity (Wildman–Crippen MR) is 162 cm³/mol. The highest BCUT2D eigenvalue weighted by Gasteiger charge is 2.38. The minimum absolute atomic E-state index is 0.0294. The van der Waals surface area contributed by atoms with Crippen molar-refractivity contribution in [2.75, 3.05) is 46.6 Å². The van der Waals surface area contributed by atoms with Crippen LogP contribution in [-0.2, 0) is 33.0 Å². The van der Waals surface area contributed by atoms with Gasteiger partial charge in [-0.05, 0) is 55.6 Å². The fraction of sp³-hybridized carbons (Fsp3) is 0.645. The van der Waals surface area contributed by atoms with E-state index in [1.54, 1.807) is 14.2 Å². The average Bonchev–Trinajstić information content (AvgIpc) is 2.95. The zero-order valence-electron chi connectivity index (χ0n) is 25.8. The Hall–Kier alpha value is -2.40. The van der Waals surface area contributed by atoms with Crippen LogP contribution in [0.4, 0.5) is 0 Å². The van der Waals surface area contributed by atoms with E-state index in [1.165, 1.54) is 28.0 Å². The standard InChI is InChI=1S/C31H47N5O4S/c1-22-26(13-10-23-8-11-24(12-9-23)31(2,3)4)32-21-33-29(22)30(37)36-19-16-27(28(20-36)40-6)35-17-14-25(15-18-35)34(5)41(7,38)39/h8-9,11-12,21,25,27-28H,10,13-20H2,1-7H3. The SMILES string of the molecule is COC1CN(C(=O)c2ncnc(CCc3ccc(C(C)(C)C)cc3)c2C)CCC1N1CCC(N(C)S(C)(=O)=O)CC1. The van der Waals surface area contributed by atoms with Crippen LogP contribution in [0.25, 0.3) is 0 Å². The summed E-state index contributed by atoms with van der Waals surface area (Å²) >= 11 is 0. The number of methoxy groups -OCH3 is 1. The summed E-state index contributed by atoms with van der Waals surface area (Å²) in [5, 5.41) is 0. The van der Waals surface area contributed by atoms with Gasteiger partial charge in [-0.15, -0.1) is 0 Å². The van der Waals surface area contributed by atoms with E-state index in [-0.39, 0.29) is 29.5 Å². The number of likely N-dealkylation sites (tertiary alicyclic amines) is 2. The van der Waals surface area contributed by atoms with Gasteiger partial charge in [-0.3, -0.25) is 9.69 Å². The summed E-state index contributed by atoms with van der Waals surface area (Å²) < 4.78 is 31.3. The molecule has 2 saturated heterocycles. The smallest absolute Gasteiger partial charge is 0.272 e. The number of ether oxygens (including phenoxy) is 1. The molecule has 2 aliphatic rings. The van der Waals surface area contributed by atoms with Gasteiger partial charge in [-0.25, -0.2) is 22.7 Å². The number of amides is 1. The molecule has 3 heterocycles. The number of sulfonamides is 1. The fourth-order valence-corrected chi connectivity index (χ4v) is 6.88. The zero-order chi connectivity index (χ0) is 29.9. The number of hydrogen-bond acceptors (Lipinski definition) is 7. The van der Waals surface area contributed by atoms with Gasteiger partial charge in [0.15, 0.2) is 0 Å². The molecule has 2 unspecified atom stereocenters. The van der Waals surface area contributed by atoms with E-state index < -0.39 is 10.0 Å². The predicted octanol–water partition coefficient (Wildman–Crippen LogP) is 3.45. The van der Waals surface area contributed by atoms with Crippen LogP contribution >= 0.6 is 0 Å². The lowest BCUT2D eigenvalue weighted by Gasteiger charge is -2.46. The van der Waals surface area contributed by atoms with Gasteiger partial charge in [0.25, 0.3) is 5.91 Å². The Bertz CT molecular complexity index is 1300. The number of aromatic nitrogens is 2. The van der Waals surface area contributed by atoms with Crippen molar-refractivity contribution in [2.24, 2.45) is 0 Å². The summed E-state index contributed by atoms with van der Waals surface area (Å²) in [4.78, 5) is 26.8. The summed E-state index contributed by atoms with van der Waals surface area (Å²) in [7, 11) is 0.176. The molecule has 2 fully saturated rings. The van der Waals surface area contributed by atoms with Crippen molar-refractivity contribution >= 4 is 15.9 Å². The first-order chi connectivity index (χ1) is 19.3. The highest BCUT2D eigenvalue weighted by atomic mass is 32.2. The average molecular weight is 586 g/mol. The van der Waals surface area contributed by atoms with E-state index in [2.05, 4.69) is 59.9 Å². The van der Waals surface area contributed by atoms with Gasteiger partial charge in [0.1, 0.15) is 12.0 Å². The monoisotopic (exact) mass is 585 g/mol. The number of nitrogens with zero attached hydrogens (tertiary/aromatic N) is 5. The Morgan fingerprint density at radius 1 is 1.05 bits per heavy atom. The maximum atomic E-state index is 13.6. The third-order valence-corrected chi connectivity index (χ3v) is 10.3. The van der Waals surface area contributed by atoms with Gasteiger partial charge in [0.2, 0.25) is 10.0 Å². The van der Waals surface area contributed by atoms with E-state index in [0.717, 1.165) is 56.5 Å². The fourth-order valence-electron chi connectivity index (χ4n) is 6.13. The van der Waals surface area contributed by atoms with Crippen molar-refractivity contribution in [1.29, 1.82) is 0 Å². The summed E-state index contributed by atoms with van der Waals surface area (Å²) in [6.45, 7) is 11.4. The van der Waals surface area contributed by atoms with Crippen LogP contribution in [0.3, 0.4) is 0 Å². The lowest BCUT2D eigenvalue weighted by Crippen LogP contribution is -2.58. The minimum atomic E-state index is -3.20. The van der Waals surface area contributed by atoms with Crippen molar-refractivity contribution in [2.45, 2.75) is 83.4 Å². The molecule has 0 spiro atoms. The van der Waals surface area contributed by atoms with Crippen molar-refractivity contribution in [1.82, 2.24) is 24.1 Å². The van der Waals surface area contributed by atoms with Crippen molar-refractivity contribution in [3.8, 4) is 0 Å². The second kappa shape index (κ2) is 12.9. The minimum Gasteiger partial charge on any atom is -0.378 e. The molecule has 4 rings (SSSR count). The van der Waals surface area contributed by atoms with Gasteiger partial charge in [-0.1, -0.05) is 45.0 Å². The number of benzene rings is 1. The second-order valence-corrected chi connectivity index (χ2v) is 14.7. The Balaban J connectivity index is 1.36. The molecule has 0 N–H and O–H groups in total. The first kappa shape index (κ1) is 31.5. The first-order valence-electron chi connectivity index (χ1n) is 14.7. The molecular weight excluding hydrogens is 538 g/mol. The molecule has 0 aliphatic carbocycles. The van der Waals surface area contributed by atoms with Crippen LogP contribution in [0.5, 0.6) is 0 Å². The molecule has 2 aromatic rings. The highest BCUT2D eigenvalue weighted by molar-refractivity contribution is 7.88. The molecule has 0 radical (unpaired) electrons. The maximum absolute atomic E-state index is 13.6. The van der Waals surface area contributed by atoms with Crippen molar-refractivity contribution < 1.29 is 17.9 Å². The number of carbonyl (C=O) groups excluding carboxylic acids is 1. The van der Waals surface area contributed by atoms with Gasteiger partial charge in [0.05, 0.1) is 12.4 Å². The molecular formula is C31H47N5O4S. The number of aryl methyl sites for hydroxylation is 2. The maximum Gasteiger partial charge on any atom is 0.272 e. The van der Waals surface area contributed by atoms with Crippen LogP contribution < -0.4 is 0 Å². The molecule has 1 aromatic heterocycles. The molecule has 1 aromatic carbocycles. The van der Waals surface area contributed by atoms with E-state index in [0.29, 0.717) is 18.8 Å². The van der Waals surface area contributed by atoms with Crippen LogP contribution in [0, 0.1) is 6.92 Å². The largest absolute Gasteiger partial charge is 0.378 e. The molecule has 2 aliphatic heterocycles. The Morgan fingerprint density at radius 2 is 1.71 bits per heavy atom. The lowest BCUT2D eigenvalue weighted by molar-refractivity contribution is -0.0408. The third-order valence-electron chi connectivity index (χ3n) is 8.98. The van der Waals surface area contributed by atoms with E-state index in [1.807, 2.05) is 11.8 Å². The van der Waals surface area contributed by atoms with Gasteiger partial charge >= 0.3 is 0 Å². The lowest BCUT2D eigenvalue weighted by atomic mass is 9.86. The summed E-state index contributed by atoms with van der Waals surface area (Å²) in [5.41, 5.74) is 4.91. The molecule has 2 atom stereocenters. The van der Waals surface area contributed by atoms with Crippen molar-refractivity contribution in [3.63, 3.8) is 0 Å². The summed E-state index contributed by atoms with van der Waals surface area (Å²) in [5.74, 6) is -0.0744. The van der Waals surface area contributed by atoms with E-state index in [4.69, 9.17) is 4.74 Å². The van der Waals surface area contributed by atoms with Crippen LogP contribution in [0.15, 0.2) is 30.6 Å². The number of piperidine rings is 2. The summed E-state index contributed by atoms with van der Waals surface area (Å²) in [6, 6.07) is 8.99. The van der Waals surface area contributed by atoms with Crippen molar-refractivity contribution in [3.05, 3.63) is 58.7 Å². The van der Waals surface area contributed by atoms with Crippen LogP contribution in [0.2, 0.25) is 0 Å². The molecule has 0 bridgehead atoms. The van der Waals surface area contributed by atoms with Gasteiger partial charge in [0, 0.05) is 63.7 Å². The molecule has 0 saturated carbocycles. The van der Waals surface area contributed by atoms with E-state index >= 15 is 0 Å². The summed E-state index contributed by atoms with van der Waals surface area (Å²) in [6.07, 6.45) is 6.65. The number of rotatable bonds is 8. The first-order valence-corrected chi connectivity index (χ1v) is 16.5. The molecule has 9 nitrogen and oxygen atoms in total. The Labute approximate surface area is 246 Å². The normalized spacial score (nSPS) is 21.4. The van der Waals surface area contributed by atoms with Gasteiger partial charge < -0.3 is 9.64 Å². The number of carbonyl (C=O) groups is 1. The van der Waals surface area contributed by atoms with E-state index in [9.17, 15) is 13.2 Å². The molecule has 41 heavy (non-hydrogen) atoms. The van der Waals surface area contributed by atoms with Gasteiger partial charge in [-0.2, -0.15) is 0 Å². The Kier molecular flexibility index (Phi) is 9.89. The molecule has 1 amide bonds. The third kappa shape index (κ3) is 7.52. The Morgan fingerprint density at radius 3 is 2.29 bits per heavy atom. The van der Waals surface area contributed by atoms with Crippen LogP contribution in [0.1, 0.15) is 72.9 Å². The van der Waals surface area contributed by atoms with Crippen LogP contribution in [-0.4, -0.2) is 103 Å². The molecule has 10 heteroatoms. The highest BCUT2D eigenvalue weighted by Crippen LogP contribution is 2.27. The molecule has 226 valence electrons. The topological polar surface area (TPSA) is 95.9 Å². The second-order valence-electron chi connectivity index (χ2n) is 12.7.